The van der Waals surface area contributed by atoms with Gasteiger partial charge in [0.25, 0.3) is 0 Å². The average Bonchev–Trinajstić information content (AvgIpc) is 3.25. The summed E-state index contributed by atoms with van der Waals surface area (Å²) >= 11 is 0. The Morgan fingerprint density at radius 1 is 1.18 bits per heavy atom. The highest BCUT2D eigenvalue weighted by Gasteiger charge is 2.41. The number of benzene rings is 2. The highest BCUT2D eigenvalue weighted by atomic mass is 16.5. The van der Waals surface area contributed by atoms with Gasteiger partial charge in [-0.3, -0.25) is 9.58 Å². The zero-order valence-electron chi connectivity index (χ0n) is 19.4. The molecule has 2 bridgehead atoms. The molecule has 1 unspecified atom stereocenters. The van der Waals surface area contributed by atoms with E-state index >= 15 is 0 Å². The third kappa shape index (κ3) is 4.39. The number of rotatable bonds is 7. The summed E-state index contributed by atoms with van der Waals surface area (Å²) in [5.41, 5.74) is 5.25. The minimum Gasteiger partial charge on any atom is -0.496 e. The van der Waals surface area contributed by atoms with Crippen LogP contribution in [0.1, 0.15) is 35.6 Å². The number of nitrogens with zero attached hydrogens (tertiary/aromatic N) is 4. The Bertz CT molecular complexity index is 1160. The Labute approximate surface area is 195 Å². The fraction of sp³-hybridized carbons (Fsp3) is 0.407. The molecule has 3 aliphatic heterocycles. The molecule has 170 valence electrons. The van der Waals surface area contributed by atoms with E-state index in [4.69, 9.17) is 15.1 Å². The summed E-state index contributed by atoms with van der Waals surface area (Å²) < 4.78 is 7.63. The highest BCUT2D eigenvalue weighted by molar-refractivity contribution is 5.67. The molecule has 1 aromatic heterocycles. The van der Waals surface area contributed by atoms with E-state index < -0.39 is 0 Å². The Morgan fingerprint density at radius 3 is 2.85 bits per heavy atom. The zero-order valence-corrected chi connectivity index (χ0v) is 19.4. The maximum atomic E-state index is 9.10. The van der Waals surface area contributed by atoms with Gasteiger partial charge in [-0.25, -0.2) is 0 Å². The van der Waals surface area contributed by atoms with Gasteiger partial charge in [-0.1, -0.05) is 24.3 Å². The standard InChI is InChI=1S/C27H31N5O/c1-31-26(14-25(30-31)23-8-3-4-9-27(23)33-2)24-18-32-11-10-21(24)13-22(32)17-29-16-20-7-5-6-19(12-20)15-28/h3-9,12,14,21-22,24,29H,10-11,13,16-18H2,1-2H3/t21-,22+,24-/m0/s1. The number of ether oxygens (including phenoxy) is 1. The minimum absolute atomic E-state index is 0.517. The van der Waals surface area contributed by atoms with Gasteiger partial charge in [-0.05, 0) is 61.2 Å². The van der Waals surface area contributed by atoms with Gasteiger partial charge in [0.05, 0.1) is 24.4 Å². The highest BCUT2D eigenvalue weighted by Crippen LogP contribution is 2.42. The number of hydrogen-bond acceptors (Lipinski definition) is 5. The van der Waals surface area contributed by atoms with E-state index in [0.29, 0.717) is 17.9 Å². The van der Waals surface area contributed by atoms with E-state index in [9.17, 15) is 0 Å². The predicted molar refractivity (Wildman–Crippen MR) is 129 cm³/mol. The summed E-state index contributed by atoms with van der Waals surface area (Å²) in [6.45, 7) is 4.05. The maximum absolute atomic E-state index is 9.10. The van der Waals surface area contributed by atoms with Gasteiger partial charge in [0.15, 0.2) is 0 Å². The summed E-state index contributed by atoms with van der Waals surface area (Å²) in [4.78, 5) is 2.65. The first kappa shape index (κ1) is 21.7. The molecule has 0 saturated carbocycles. The smallest absolute Gasteiger partial charge is 0.128 e. The fourth-order valence-corrected chi connectivity index (χ4v) is 5.64. The normalized spacial score (nSPS) is 23.9. The van der Waals surface area contributed by atoms with Gasteiger partial charge < -0.3 is 10.1 Å². The number of fused-ring (bicyclic) bond motifs is 3. The van der Waals surface area contributed by atoms with Crippen LogP contribution in [-0.2, 0) is 13.6 Å². The molecule has 6 rings (SSSR count). The maximum Gasteiger partial charge on any atom is 0.128 e. The molecule has 3 aromatic rings. The lowest BCUT2D eigenvalue weighted by Crippen LogP contribution is -2.55. The molecule has 2 aromatic carbocycles. The first-order chi connectivity index (χ1) is 16.2. The van der Waals surface area contributed by atoms with Crippen LogP contribution >= 0.6 is 0 Å². The molecule has 6 heteroatoms. The lowest BCUT2D eigenvalue weighted by molar-refractivity contribution is 0.0282. The zero-order chi connectivity index (χ0) is 22.8. The van der Waals surface area contributed by atoms with Crippen molar-refractivity contribution in [1.82, 2.24) is 20.0 Å². The average molecular weight is 442 g/mol. The van der Waals surface area contributed by atoms with Crippen molar-refractivity contribution in [3.05, 3.63) is 71.4 Å². The number of nitrogens with one attached hydrogen (secondary N) is 1. The number of hydrogen-bond donors (Lipinski definition) is 1. The molecular formula is C27H31N5O. The van der Waals surface area contributed by atoms with Crippen LogP contribution in [0.3, 0.4) is 0 Å². The summed E-state index contributed by atoms with van der Waals surface area (Å²) in [6, 6.07) is 21.0. The first-order valence-electron chi connectivity index (χ1n) is 11.8. The molecule has 4 heterocycles. The van der Waals surface area contributed by atoms with E-state index in [1.54, 1.807) is 7.11 Å². The van der Waals surface area contributed by atoms with E-state index in [-0.39, 0.29) is 0 Å². The molecule has 0 aliphatic carbocycles. The summed E-state index contributed by atoms with van der Waals surface area (Å²) in [7, 11) is 3.78. The van der Waals surface area contributed by atoms with Crippen LogP contribution in [-0.4, -0.2) is 47.5 Å². The van der Waals surface area contributed by atoms with Crippen molar-refractivity contribution in [3.8, 4) is 23.1 Å². The molecule has 4 atom stereocenters. The molecule has 33 heavy (non-hydrogen) atoms. The molecular weight excluding hydrogens is 410 g/mol. The minimum atomic E-state index is 0.517. The van der Waals surface area contributed by atoms with E-state index in [1.807, 2.05) is 36.4 Å². The topological polar surface area (TPSA) is 66.1 Å². The van der Waals surface area contributed by atoms with Gasteiger partial charge in [-0.15, -0.1) is 0 Å². The number of methoxy groups -OCH3 is 1. The van der Waals surface area contributed by atoms with Crippen LogP contribution in [0.5, 0.6) is 5.75 Å². The van der Waals surface area contributed by atoms with Crippen LogP contribution < -0.4 is 10.1 Å². The quantitative estimate of drug-likeness (QED) is 0.602. The second-order valence-electron chi connectivity index (χ2n) is 9.26. The summed E-state index contributed by atoms with van der Waals surface area (Å²) in [5.74, 6) is 2.07. The SMILES string of the molecule is COc1ccccc1-c1cc([C@H]2CN3CC[C@H]2C[C@@H]3CNCc2cccc(C#N)c2)n(C)n1. The number of aryl methyl sites for hydroxylation is 1. The number of para-hydroxylation sites is 1. The first-order valence-corrected chi connectivity index (χ1v) is 11.8. The number of aromatic nitrogens is 2. The van der Waals surface area contributed by atoms with Gasteiger partial charge >= 0.3 is 0 Å². The van der Waals surface area contributed by atoms with Crippen LogP contribution in [0.25, 0.3) is 11.3 Å². The number of nitriles is 1. The second-order valence-corrected chi connectivity index (χ2v) is 9.26. The van der Waals surface area contributed by atoms with Gasteiger partial charge in [0, 0.05) is 49.9 Å². The van der Waals surface area contributed by atoms with Crippen LogP contribution in [0.2, 0.25) is 0 Å². The third-order valence-corrected chi connectivity index (χ3v) is 7.32. The predicted octanol–water partition coefficient (Wildman–Crippen LogP) is 3.93. The van der Waals surface area contributed by atoms with Crippen molar-refractivity contribution >= 4 is 0 Å². The Morgan fingerprint density at radius 2 is 2.06 bits per heavy atom. The van der Waals surface area contributed by atoms with Gasteiger partial charge in [0.2, 0.25) is 0 Å². The third-order valence-electron chi connectivity index (χ3n) is 7.32. The molecule has 3 aliphatic rings. The van der Waals surface area contributed by atoms with Crippen molar-refractivity contribution < 1.29 is 4.74 Å². The lowest BCUT2D eigenvalue weighted by atomic mass is 9.74. The largest absolute Gasteiger partial charge is 0.496 e. The van der Waals surface area contributed by atoms with Gasteiger partial charge in [0.1, 0.15) is 5.75 Å². The van der Waals surface area contributed by atoms with Crippen molar-refractivity contribution in [3.63, 3.8) is 0 Å². The monoisotopic (exact) mass is 441 g/mol. The van der Waals surface area contributed by atoms with Gasteiger partial charge in [-0.2, -0.15) is 10.4 Å². The van der Waals surface area contributed by atoms with E-state index in [0.717, 1.165) is 42.2 Å². The van der Waals surface area contributed by atoms with Crippen molar-refractivity contribution in [2.75, 3.05) is 26.7 Å². The Hall–Kier alpha value is -3.14. The molecule has 0 amide bonds. The molecule has 0 radical (unpaired) electrons. The summed E-state index contributed by atoms with van der Waals surface area (Å²) in [5, 5.41) is 17.6. The molecule has 3 saturated heterocycles. The number of piperidine rings is 3. The van der Waals surface area contributed by atoms with E-state index in [1.165, 1.54) is 30.6 Å². The van der Waals surface area contributed by atoms with E-state index in [2.05, 4.69) is 46.2 Å². The molecule has 0 spiro atoms. The molecule has 1 N–H and O–H groups in total. The van der Waals surface area contributed by atoms with Crippen molar-refractivity contribution in [2.24, 2.45) is 13.0 Å². The van der Waals surface area contributed by atoms with Crippen LogP contribution in [0.4, 0.5) is 0 Å². The van der Waals surface area contributed by atoms with Crippen molar-refractivity contribution in [1.29, 1.82) is 5.26 Å². The summed E-state index contributed by atoms with van der Waals surface area (Å²) in [6.07, 6.45) is 2.46. The second kappa shape index (κ2) is 9.38. The fourth-order valence-electron chi connectivity index (χ4n) is 5.64. The lowest BCUT2D eigenvalue weighted by Gasteiger charge is -2.50. The van der Waals surface area contributed by atoms with Crippen molar-refractivity contribution in [2.45, 2.75) is 31.3 Å². The Kier molecular flexibility index (Phi) is 6.17. The van der Waals surface area contributed by atoms with Crippen LogP contribution in [0, 0.1) is 17.2 Å². The Balaban J connectivity index is 1.24. The molecule has 6 nitrogen and oxygen atoms in total. The van der Waals surface area contributed by atoms with Crippen LogP contribution in [0.15, 0.2) is 54.6 Å². The molecule has 3 fully saturated rings.